The third-order valence-corrected chi connectivity index (χ3v) is 5.36. The molecule has 0 saturated carbocycles. The maximum Gasteiger partial charge on any atom is 0.257 e. The lowest BCUT2D eigenvalue weighted by Crippen LogP contribution is -2.32. The highest BCUT2D eigenvalue weighted by atomic mass is 35.5. The summed E-state index contributed by atoms with van der Waals surface area (Å²) in [6.07, 6.45) is 6.11. The third-order valence-electron chi connectivity index (χ3n) is 5.11. The minimum absolute atomic E-state index is 0.0216. The molecule has 2 aromatic heterocycles. The fourth-order valence-electron chi connectivity index (χ4n) is 3.59. The van der Waals surface area contributed by atoms with E-state index in [2.05, 4.69) is 15.3 Å². The smallest absolute Gasteiger partial charge is 0.257 e. The van der Waals surface area contributed by atoms with Crippen molar-refractivity contribution < 1.29 is 4.79 Å². The summed E-state index contributed by atoms with van der Waals surface area (Å²) in [5.41, 5.74) is 3.71. The molecule has 4 rings (SSSR count). The van der Waals surface area contributed by atoms with Crippen molar-refractivity contribution in [2.75, 3.05) is 18.4 Å². The maximum absolute atomic E-state index is 13.3. The number of carbonyl (C=O) groups is 1. The molecule has 1 aromatic carbocycles. The van der Waals surface area contributed by atoms with E-state index in [4.69, 9.17) is 11.6 Å². The number of hydrogen-bond donors (Lipinski definition) is 1. The predicted octanol–water partition coefficient (Wildman–Crippen LogP) is 5.35. The molecule has 0 radical (unpaired) electrons. The molecule has 1 amide bonds. The molecule has 3 aromatic rings. The highest BCUT2D eigenvalue weighted by molar-refractivity contribution is 6.30. The average Bonchev–Trinajstić information content (AvgIpc) is 2.99. The van der Waals surface area contributed by atoms with Gasteiger partial charge in [-0.1, -0.05) is 24.4 Å². The van der Waals surface area contributed by atoms with Crippen molar-refractivity contribution >= 4 is 39.9 Å². The number of likely N-dealkylation sites (tertiary alicyclic amines) is 1. The number of nitrogens with one attached hydrogen (secondary N) is 1. The van der Waals surface area contributed by atoms with Gasteiger partial charge >= 0.3 is 0 Å². The molecule has 0 atom stereocenters. The lowest BCUT2D eigenvalue weighted by atomic mass is 10.1. The molecule has 1 aliphatic heterocycles. The molecule has 1 saturated heterocycles. The van der Waals surface area contributed by atoms with Gasteiger partial charge in [-0.25, -0.2) is 9.97 Å². The van der Waals surface area contributed by atoms with Crippen LogP contribution in [-0.2, 0) is 0 Å². The fraction of sp³-hybridized carbons (Fsp3) is 0.318. The number of rotatable bonds is 3. The van der Waals surface area contributed by atoms with Gasteiger partial charge in [0.1, 0.15) is 0 Å². The van der Waals surface area contributed by atoms with E-state index in [1.165, 1.54) is 12.8 Å². The van der Waals surface area contributed by atoms with E-state index in [-0.39, 0.29) is 5.91 Å². The van der Waals surface area contributed by atoms with Crippen molar-refractivity contribution in [3.8, 4) is 0 Å². The topological polar surface area (TPSA) is 58.1 Å². The Kier molecular flexibility index (Phi) is 5.44. The number of aryl methyl sites for hydroxylation is 1. The predicted molar refractivity (Wildman–Crippen MR) is 113 cm³/mol. The minimum Gasteiger partial charge on any atom is -0.354 e. The number of pyridine rings is 2. The van der Waals surface area contributed by atoms with Gasteiger partial charge in [-0.3, -0.25) is 4.79 Å². The van der Waals surface area contributed by atoms with Gasteiger partial charge in [0.25, 0.3) is 5.91 Å². The summed E-state index contributed by atoms with van der Waals surface area (Å²) < 4.78 is 0. The molecule has 0 bridgehead atoms. The average molecular weight is 395 g/mol. The van der Waals surface area contributed by atoms with E-state index in [0.717, 1.165) is 48.4 Å². The van der Waals surface area contributed by atoms with Crippen LogP contribution in [0.2, 0.25) is 5.02 Å². The molecule has 28 heavy (non-hydrogen) atoms. The van der Waals surface area contributed by atoms with Crippen LogP contribution in [0.15, 0.2) is 42.6 Å². The molecule has 0 spiro atoms. The van der Waals surface area contributed by atoms with Gasteiger partial charge in [0.15, 0.2) is 5.65 Å². The molecule has 6 heteroatoms. The van der Waals surface area contributed by atoms with E-state index >= 15 is 0 Å². The highest BCUT2D eigenvalue weighted by Gasteiger charge is 2.22. The zero-order chi connectivity index (χ0) is 19.5. The maximum atomic E-state index is 13.3. The highest BCUT2D eigenvalue weighted by Crippen LogP contribution is 2.30. The fourth-order valence-corrected chi connectivity index (χ4v) is 3.72. The first-order chi connectivity index (χ1) is 13.6. The quantitative estimate of drug-likeness (QED) is 0.650. The van der Waals surface area contributed by atoms with Crippen LogP contribution in [-0.4, -0.2) is 33.9 Å². The zero-order valence-corrected chi connectivity index (χ0v) is 16.7. The standard InChI is InChI=1S/C22H23ClN4O/c1-15-6-11-18-20(26-17-9-7-16(23)8-10-17)19(14-24-21(18)25-15)22(28)27-12-4-2-3-5-13-27/h6-11,14H,2-5,12-13H2,1H3,(H,24,25,26). The molecule has 1 aliphatic rings. The van der Waals surface area contributed by atoms with E-state index in [1.54, 1.807) is 6.20 Å². The third kappa shape index (κ3) is 3.94. The second kappa shape index (κ2) is 8.15. The zero-order valence-electron chi connectivity index (χ0n) is 15.9. The Morgan fingerprint density at radius 3 is 2.46 bits per heavy atom. The van der Waals surface area contributed by atoms with Crippen LogP contribution in [0.25, 0.3) is 11.0 Å². The van der Waals surface area contributed by atoms with Crippen LogP contribution in [0.1, 0.15) is 41.7 Å². The summed E-state index contributed by atoms with van der Waals surface area (Å²) >= 11 is 6.02. The van der Waals surface area contributed by atoms with E-state index in [0.29, 0.717) is 16.2 Å². The van der Waals surface area contributed by atoms with Crippen LogP contribution >= 0.6 is 11.6 Å². The van der Waals surface area contributed by atoms with Gasteiger partial charge < -0.3 is 10.2 Å². The number of amides is 1. The van der Waals surface area contributed by atoms with Crippen molar-refractivity contribution in [3.05, 3.63) is 58.9 Å². The Balaban J connectivity index is 1.79. The first kappa shape index (κ1) is 18.7. The van der Waals surface area contributed by atoms with Crippen LogP contribution in [0.3, 0.4) is 0 Å². The molecule has 5 nitrogen and oxygen atoms in total. The lowest BCUT2D eigenvalue weighted by molar-refractivity contribution is 0.0762. The Hall–Kier alpha value is -2.66. The van der Waals surface area contributed by atoms with Gasteiger partial charge in [0.05, 0.1) is 11.3 Å². The van der Waals surface area contributed by atoms with Gasteiger partial charge in [-0.15, -0.1) is 0 Å². The molecule has 1 fully saturated rings. The number of benzene rings is 1. The van der Waals surface area contributed by atoms with Crippen LogP contribution in [0.5, 0.6) is 0 Å². The minimum atomic E-state index is 0.0216. The van der Waals surface area contributed by atoms with Gasteiger partial charge in [-0.2, -0.15) is 0 Å². The number of carbonyl (C=O) groups excluding carboxylic acids is 1. The monoisotopic (exact) mass is 394 g/mol. The molecule has 1 N–H and O–H groups in total. The Morgan fingerprint density at radius 1 is 1.04 bits per heavy atom. The first-order valence-corrected chi connectivity index (χ1v) is 10.1. The Labute approximate surface area is 169 Å². The molecule has 144 valence electrons. The normalized spacial score (nSPS) is 14.7. The second-order valence-electron chi connectivity index (χ2n) is 7.21. The molecule has 0 unspecified atom stereocenters. The Bertz CT molecular complexity index is 995. The van der Waals surface area contributed by atoms with Gasteiger partial charge in [-0.05, 0) is 56.2 Å². The van der Waals surface area contributed by atoms with Crippen LogP contribution in [0.4, 0.5) is 11.4 Å². The summed E-state index contributed by atoms with van der Waals surface area (Å²) in [4.78, 5) is 24.3. The number of hydrogen-bond acceptors (Lipinski definition) is 4. The lowest BCUT2D eigenvalue weighted by Gasteiger charge is -2.22. The number of fused-ring (bicyclic) bond motifs is 1. The molecule has 3 heterocycles. The van der Waals surface area contributed by atoms with Gasteiger partial charge in [0.2, 0.25) is 0 Å². The number of nitrogens with zero attached hydrogens (tertiary/aromatic N) is 3. The molecule has 0 aliphatic carbocycles. The van der Waals surface area contributed by atoms with Crippen molar-refractivity contribution in [3.63, 3.8) is 0 Å². The summed E-state index contributed by atoms with van der Waals surface area (Å²) in [5.74, 6) is 0.0216. The summed E-state index contributed by atoms with van der Waals surface area (Å²) in [6.45, 7) is 3.52. The molecular weight excluding hydrogens is 372 g/mol. The van der Waals surface area contributed by atoms with Crippen LogP contribution in [0, 0.1) is 6.92 Å². The number of anilines is 2. The summed E-state index contributed by atoms with van der Waals surface area (Å²) in [7, 11) is 0. The number of aromatic nitrogens is 2. The van der Waals surface area contributed by atoms with E-state index in [9.17, 15) is 4.79 Å². The van der Waals surface area contributed by atoms with Crippen molar-refractivity contribution in [2.45, 2.75) is 32.6 Å². The van der Waals surface area contributed by atoms with Crippen molar-refractivity contribution in [1.82, 2.24) is 14.9 Å². The van der Waals surface area contributed by atoms with E-state index < -0.39 is 0 Å². The summed E-state index contributed by atoms with van der Waals surface area (Å²) in [5, 5.41) is 4.92. The van der Waals surface area contributed by atoms with E-state index in [1.807, 2.05) is 48.2 Å². The van der Waals surface area contributed by atoms with Gasteiger partial charge in [0, 0.05) is 41.1 Å². The second-order valence-corrected chi connectivity index (χ2v) is 7.65. The SMILES string of the molecule is Cc1ccc2c(Nc3ccc(Cl)cc3)c(C(=O)N3CCCCCC3)cnc2n1. The van der Waals surface area contributed by atoms with Crippen molar-refractivity contribution in [1.29, 1.82) is 0 Å². The largest absolute Gasteiger partial charge is 0.354 e. The first-order valence-electron chi connectivity index (χ1n) is 9.70. The van der Waals surface area contributed by atoms with Crippen LogP contribution < -0.4 is 5.32 Å². The Morgan fingerprint density at radius 2 is 1.75 bits per heavy atom. The molecular formula is C22H23ClN4O. The number of halogens is 1. The summed E-state index contributed by atoms with van der Waals surface area (Å²) in [6, 6.07) is 11.4. The van der Waals surface area contributed by atoms with Crippen molar-refractivity contribution in [2.24, 2.45) is 0 Å².